The van der Waals surface area contributed by atoms with E-state index in [-0.39, 0.29) is 0 Å². The molecule has 2 aliphatic heterocycles. The molecule has 1 aromatic carbocycles. The number of aromatic nitrogens is 1. The summed E-state index contributed by atoms with van der Waals surface area (Å²) >= 11 is 0. The van der Waals surface area contributed by atoms with Crippen molar-refractivity contribution < 1.29 is 0 Å². The molecule has 0 bridgehead atoms. The first-order valence-electron chi connectivity index (χ1n) is 6.77. The van der Waals surface area contributed by atoms with Gasteiger partial charge in [0.2, 0.25) is 0 Å². The van der Waals surface area contributed by atoms with Crippen LogP contribution in [0, 0.1) is 12.8 Å². The molecule has 4 rings (SSSR count). The molecule has 0 amide bonds. The highest BCUT2D eigenvalue weighted by Gasteiger charge is 2.28. The second-order valence-corrected chi connectivity index (χ2v) is 5.78. The summed E-state index contributed by atoms with van der Waals surface area (Å²) < 4.78 is 2.40. The van der Waals surface area contributed by atoms with Crippen LogP contribution in [0.5, 0.6) is 0 Å². The van der Waals surface area contributed by atoms with Crippen LogP contribution in [0.2, 0.25) is 0 Å². The van der Waals surface area contributed by atoms with E-state index >= 15 is 0 Å². The van der Waals surface area contributed by atoms with Gasteiger partial charge in [0.15, 0.2) is 0 Å². The number of rotatable bonds is 0. The first-order valence-corrected chi connectivity index (χ1v) is 6.77. The van der Waals surface area contributed by atoms with Gasteiger partial charge < -0.3 is 9.88 Å². The predicted octanol–water partition coefficient (Wildman–Crippen LogP) is 2.95. The number of nitrogens with zero attached hydrogens (tertiary/aromatic N) is 1. The Bertz CT molecular complexity index is 663. The van der Waals surface area contributed by atoms with Crippen LogP contribution in [0.1, 0.15) is 18.1 Å². The number of aryl methyl sites for hydroxylation is 1. The van der Waals surface area contributed by atoms with E-state index in [1.807, 2.05) is 0 Å². The molecule has 2 heteroatoms. The van der Waals surface area contributed by atoms with E-state index in [1.165, 1.54) is 27.6 Å². The minimum atomic E-state index is 0.492. The maximum absolute atomic E-state index is 3.67. The fraction of sp³-hybridized carbons (Fsp3) is 0.375. The highest BCUT2D eigenvalue weighted by molar-refractivity contribution is 5.95. The van der Waals surface area contributed by atoms with Crippen molar-refractivity contribution in [2.75, 3.05) is 6.54 Å². The van der Waals surface area contributed by atoms with Crippen LogP contribution >= 0.6 is 0 Å². The molecule has 2 aromatic rings. The molecule has 0 fully saturated rings. The molecule has 18 heavy (non-hydrogen) atoms. The van der Waals surface area contributed by atoms with Crippen LogP contribution in [0.4, 0.5) is 0 Å². The summed E-state index contributed by atoms with van der Waals surface area (Å²) in [7, 11) is 0. The maximum atomic E-state index is 3.67. The van der Waals surface area contributed by atoms with E-state index in [9.17, 15) is 0 Å². The lowest BCUT2D eigenvalue weighted by molar-refractivity contribution is 0.472. The van der Waals surface area contributed by atoms with Gasteiger partial charge in [-0.15, -0.1) is 0 Å². The Labute approximate surface area is 107 Å². The number of hydrogen-bond acceptors (Lipinski definition) is 1. The Balaban J connectivity index is 2.05. The zero-order valence-corrected chi connectivity index (χ0v) is 10.9. The van der Waals surface area contributed by atoms with Crippen molar-refractivity contribution in [1.82, 2.24) is 9.88 Å². The molecule has 2 atom stereocenters. The van der Waals surface area contributed by atoms with Gasteiger partial charge in [-0.3, -0.25) is 0 Å². The molecule has 3 heterocycles. The third-order valence-corrected chi connectivity index (χ3v) is 4.22. The number of nitrogens with one attached hydrogen (secondary N) is 1. The highest BCUT2D eigenvalue weighted by atomic mass is 15.1. The smallest absolute Gasteiger partial charge is 0.0557 e. The molecular formula is C16H18N2. The van der Waals surface area contributed by atoms with Crippen LogP contribution < -0.4 is 5.32 Å². The quantitative estimate of drug-likeness (QED) is 0.746. The third kappa shape index (κ3) is 1.33. The van der Waals surface area contributed by atoms with Gasteiger partial charge in [-0.05, 0) is 42.2 Å². The first-order chi connectivity index (χ1) is 8.72. The average molecular weight is 238 g/mol. The van der Waals surface area contributed by atoms with E-state index in [1.54, 1.807) is 0 Å². The molecule has 0 aliphatic carbocycles. The SMILES string of the molecule is Cc1cc2c3c(ccn3CC3NCC(C)C=C23)c1. The van der Waals surface area contributed by atoms with Gasteiger partial charge in [0, 0.05) is 30.2 Å². The summed E-state index contributed by atoms with van der Waals surface area (Å²) in [6.07, 6.45) is 4.69. The molecule has 0 saturated carbocycles. The summed E-state index contributed by atoms with van der Waals surface area (Å²) in [5.41, 5.74) is 5.72. The lowest BCUT2D eigenvalue weighted by Crippen LogP contribution is -2.42. The lowest BCUT2D eigenvalue weighted by Gasteiger charge is -2.34. The van der Waals surface area contributed by atoms with Crippen LogP contribution in [0.3, 0.4) is 0 Å². The van der Waals surface area contributed by atoms with E-state index in [4.69, 9.17) is 0 Å². The fourth-order valence-electron chi connectivity index (χ4n) is 3.43. The van der Waals surface area contributed by atoms with E-state index in [0.717, 1.165) is 13.1 Å². The molecule has 2 unspecified atom stereocenters. The van der Waals surface area contributed by atoms with Crippen molar-refractivity contribution in [3.8, 4) is 0 Å². The summed E-state index contributed by atoms with van der Waals surface area (Å²) in [5, 5.41) is 5.05. The largest absolute Gasteiger partial charge is 0.345 e. The van der Waals surface area contributed by atoms with Gasteiger partial charge in [0.1, 0.15) is 0 Å². The summed E-state index contributed by atoms with van der Waals surface area (Å²) in [5.74, 6) is 0.633. The first kappa shape index (κ1) is 10.4. The third-order valence-electron chi connectivity index (χ3n) is 4.22. The van der Waals surface area contributed by atoms with Gasteiger partial charge in [0.05, 0.1) is 11.6 Å². The van der Waals surface area contributed by atoms with Gasteiger partial charge in [-0.2, -0.15) is 0 Å². The Kier molecular flexibility index (Phi) is 2.01. The molecule has 1 N–H and O–H groups in total. The molecular weight excluding hydrogens is 220 g/mol. The van der Waals surface area contributed by atoms with Crippen LogP contribution in [-0.4, -0.2) is 17.2 Å². The highest BCUT2D eigenvalue weighted by Crippen LogP contribution is 2.36. The normalized spacial score (nSPS) is 26.0. The van der Waals surface area contributed by atoms with Gasteiger partial charge in [-0.25, -0.2) is 0 Å². The number of benzene rings is 1. The Hall–Kier alpha value is -1.54. The Morgan fingerprint density at radius 2 is 2.22 bits per heavy atom. The predicted molar refractivity (Wildman–Crippen MR) is 75.6 cm³/mol. The molecule has 0 spiro atoms. The van der Waals surface area contributed by atoms with Crippen molar-refractivity contribution in [3.05, 3.63) is 41.6 Å². The second kappa shape index (κ2) is 3.48. The number of hydrogen-bond donors (Lipinski definition) is 1. The van der Waals surface area contributed by atoms with Crippen molar-refractivity contribution >= 4 is 16.5 Å². The zero-order valence-electron chi connectivity index (χ0n) is 10.9. The minimum Gasteiger partial charge on any atom is -0.345 e. The molecule has 2 aliphatic rings. The minimum absolute atomic E-state index is 0.492. The molecule has 1 aromatic heterocycles. The molecule has 2 nitrogen and oxygen atoms in total. The average Bonchev–Trinajstić information content (AvgIpc) is 2.74. The maximum Gasteiger partial charge on any atom is 0.0557 e. The van der Waals surface area contributed by atoms with Crippen molar-refractivity contribution in [2.24, 2.45) is 5.92 Å². The topological polar surface area (TPSA) is 17.0 Å². The standard InChI is InChI=1S/C16H18N2/c1-10-5-12-3-4-18-9-15-13(7-11(2)8-17-15)14(6-10)16(12)18/h3-7,11,15,17H,8-9H2,1-2H3. The summed E-state index contributed by atoms with van der Waals surface area (Å²) in [4.78, 5) is 0. The fourth-order valence-corrected chi connectivity index (χ4v) is 3.43. The van der Waals surface area contributed by atoms with Gasteiger partial charge in [-0.1, -0.05) is 13.0 Å². The van der Waals surface area contributed by atoms with Crippen molar-refractivity contribution in [3.63, 3.8) is 0 Å². The molecule has 0 radical (unpaired) electrons. The molecule has 0 saturated heterocycles. The van der Waals surface area contributed by atoms with Crippen molar-refractivity contribution in [1.29, 1.82) is 0 Å². The Morgan fingerprint density at radius 1 is 1.33 bits per heavy atom. The Morgan fingerprint density at radius 3 is 3.11 bits per heavy atom. The van der Waals surface area contributed by atoms with Crippen LogP contribution in [-0.2, 0) is 6.54 Å². The second-order valence-electron chi connectivity index (χ2n) is 5.78. The van der Waals surface area contributed by atoms with Gasteiger partial charge in [0.25, 0.3) is 0 Å². The van der Waals surface area contributed by atoms with E-state index < -0.39 is 0 Å². The van der Waals surface area contributed by atoms with E-state index in [2.05, 4.69) is 54.2 Å². The van der Waals surface area contributed by atoms with Crippen LogP contribution in [0.15, 0.2) is 30.5 Å². The van der Waals surface area contributed by atoms with Crippen molar-refractivity contribution in [2.45, 2.75) is 26.4 Å². The molecule has 92 valence electrons. The monoisotopic (exact) mass is 238 g/mol. The lowest BCUT2D eigenvalue weighted by atomic mass is 9.87. The van der Waals surface area contributed by atoms with Crippen LogP contribution in [0.25, 0.3) is 16.5 Å². The van der Waals surface area contributed by atoms with Gasteiger partial charge >= 0.3 is 0 Å². The number of fused-ring (bicyclic) bond motifs is 2. The summed E-state index contributed by atoms with van der Waals surface area (Å²) in [6.45, 7) is 6.64. The van der Waals surface area contributed by atoms with E-state index in [0.29, 0.717) is 12.0 Å². The summed E-state index contributed by atoms with van der Waals surface area (Å²) in [6, 6.07) is 7.37. The zero-order chi connectivity index (χ0) is 12.3.